The highest BCUT2D eigenvalue weighted by atomic mass is 16.7. The molecule has 0 unspecified atom stereocenters. The standard InChI is InChI=1S/C18H31N7O4/c1-18(2,3)29-17(26)24(16(20)23-25(27)28)12-6-7-14(19)13-21-11-9-15-8-4-5-10-22-15/h4-5,8,10,14,21H,6-7,9,11-13,19H2,1-3H3,(H2,20,23)/t14-/m0/s1. The zero-order valence-electron chi connectivity index (χ0n) is 17.2. The van der Waals surface area contributed by atoms with Crippen LogP contribution < -0.4 is 16.5 Å². The number of amides is 1. The summed E-state index contributed by atoms with van der Waals surface area (Å²) < 4.78 is 5.22. The summed E-state index contributed by atoms with van der Waals surface area (Å²) in [5, 5.41) is 20.7. The van der Waals surface area contributed by atoms with E-state index >= 15 is 0 Å². The lowest BCUT2D eigenvalue weighted by molar-refractivity contribution is -0.526. The molecule has 0 spiro atoms. The molecular formula is C18H31N7O4. The van der Waals surface area contributed by atoms with Gasteiger partial charge in [0.2, 0.25) is 0 Å². The fraction of sp³-hybridized carbons (Fsp3) is 0.611. The lowest BCUT2D eigenvalue weighted by Gasteiger charge is -2.26. The van der Waals surface area contributed by atoms with E-state index in [4.69, 9.17) is 15.9 Å². The quantitative estimate of drug-likeness (QED) is 0.148. The molecule has 11 nitrogen and oxygen atoms in total. The number of ether oxygens (including phenoxy) is 1. The van der Waals surface area contributed by atoms with Crippen LogP contribution >= 0.6 is 0 Å². The van der Waals surface area contributed by atoms with E-state index in [0.717, 1.165) is 23.6 Å². The van der Waals surface area contributed by atoms with Gasteiger partial charge in [-0.3, -0.25) is 10.4 Å². The van der Waals surface area contributed by atoms with Gasteiger partial charge in [-0.25, -0.2) is 19.8 Å². The number of pyridine rings is 1. The number of carbonyl (C=O) groups is 1. The van der Waals surface area contributed by atoms with Crippen molar-refractivity contribution in [3.05, 3.63) is 40.2 Å². The summed E-state index contributed by atoms with van der Waals surface area (Å²) >= 11 is 0. The first-order chi connectivity index (χ1) is 13.6. The molecule has 0 saturated carbocycles. The largest absolute Gasteiger partial charge is 0.443 e. The second-order valence-corrected chi connectivity index (χ2v) is 7.53. The first-order valence-electron chi connectivity index (χ1n) is 9.45. The number of hydrazine groups is 1. The van der Waals surface area contributed by atoms with Crippen LogP contribution in [-0.2, 0) is 11.2 Å². The van der Waals surface area contributed by atoms with E-state index in [0.29, 0.717) is 19.4 Å². The maximum absolute atomic E-state index is 12.3. The number of rotatable bonds is 10. The number of carbonyl (C=O) groups excluding carboxylic acids is 1. The topological polar surface area (TPSA) is 160 Å². The van der Waals surface area contributed by atoms with Crippen LogP contribution in [0.1, 0.15) is 39.3 Å². The van der Waals surface area contributed by atoms with Crippen LogP contribution in [0.4, 0.5) is 4.79 Å². The zero-order valence-corrected chi connectivity index (χ0v) is 17.2. The predicted octanol–water partition coefficient (Wildman–Crippen LogP) is 1.27. The average molecular weight is 409 g/mol. The van der Waals surface area contributed by atoms with Crippen LogP contribution in [0.25, 0.3) is 0 Å². The van der Waals surface area contributed by atoms with Crippen molar-refractivity contribution in [3.8, 4) is 0 Å². The third kappa shape index (κ3) is 11.0. The van der Waals surface area contributed by atoms with E-state index in [9.17, 15) is 14.9 Å². The number of nitrogens with two attached hydrogens (primary N) is 1. The summed E-state index contributed by atoms with van der Waals surface area (Å²) in [6.07, 6.45) is 2.76. The molecular weight excluding hydrogens is 378 g/mol. The number of hydrogen-bond donors (Lipinski definition) is 4. The lowest BCUT2D eigenvalue weighted by atomic mass is 10.1. The molecule has 11 heteroatoms. The smallest absolute Gasteiger partial charge is 0.417 e. The SMILES string of the molecule is CC(C)(C)OC(=O)N(CCC[C@H](N)CNCCc1ccccn1)C(=N)N[N+](=O)[O-]. The number of aromatic nitrogens is 1. The summed E-state index contributed by atoms with van der Waals surface area (Å²) in [6.45, 7) is 6.45. The number of nitro groups is 1. The maximum atomic E-state index is 12.3. The molecule has 1 atom stereocenters. The third-order valence-corrected chi connectivity index (χ3v) is 3.73. The average Bonchev–Trinajstić information content (AvgIpc) is 2.61. The van der Waals surface area contributed by atoms with Crippen molar-refractivity contribution in [1.82, 2.24) is 20.6 Å². The Balaban J connectivity index is 2.40. The molecule has 0 aliphatic heterocycles. The molecule has 1 heterocycles. The van der Waals surface area contributed by atoms with Crippen LogP contribution in [0.3, 0.4) is 0 Å². The molecule has 1 rings (SSSR count). The number of hydrogen-bond acceptors (Lipinski definition) is 8. The molecule has 0 radical (unpaired) electrons. The minimum atomic E-state index is -0.892. The predicted molar refractivity (Wildman–Crippen MR) is 109 cm³/mol. The van der Waals surface area contributed by atoms with Crippen LogP contribution in [-0.4, -0.2) is 58.2 Å². The van der Waals surface area contributed by atoms with Gasteiger partial charge in [-0.05, 0) is 45.7 Å². The van der Waals surface area contributed by atoms with E-state index in [-0.39, 0.29) is 12.6 Å². The van der Waals surface area contributed by atoms with Gasteiger partial charge >= 0.3 is 6.09 Å². The Bertz CT molecular complexity index is 664. The Morgan fingerprint density at radius 1 is 1.45 bits per heavy atom. The van der Waals surface area contributed by atoms with Gasteiger partial charge in [0.25, 0.3) is 5.96 Å². The highest BCUT2D eigenvalue weighted by Gasteiger charge is 2.27. The highest BCUT2D eigenvalue weighted by molar-refractivity contribution is 5.91. The van der Waals surface area contributed by atoms with Crippen LogP contribution in [0, 0.1) is 15.5 Å². The van der Waals surface area contributed by atoms with Crippen molar-refractivity contribution < 1.29 is 14.6 Å². The van der Waals surface area contributed by atoms with Crippen molar-refractivity contribution in [1.29, 1.82) is 5.41 Å². The molecule has 162 valence electrons. The van der Waals surface area contributed by atoms with Crippen molar-refractivity contribution in [3.63, 3.8) is 0 Å². The molecule has 1 aromatic rings. The molecule has 0 bridgehead atoms. The van der Waals surface area contributed by atoms with E-state index in [1.807, 2.05) is 18.2 Å². The molecule has 5 N–H and O–H groups in total. The Hall–Kier alpha value is -2.79. The molecule has 0 fully saturated rings. The van der Waals surface area contributed by atoms with E-state index in [2.05, 4.69) is 10.3 Å². The fourth-order valence-corrected chi connectivity index (χ4v) is 2.42. The maximum Gasteiger partial charge on any atom is 0.417 e. The second kappa shape index (κ2) is 11.9. The molecule has 1 amide bonds. The van der Waals surface area contributed by atoms with Crippen molar-refractivity contribution in [2.24, 2.45) is 5.73 Å². The van der Waals surface area contributed by atoms with Gasteiger partial charge in [0.05, 0.1) is 0 Å². The van der Waals surface area contributed by atoms with Crippen LogP contribution in [0.2, 0.25) is 0 Å². The molecule has 29 heavy (non-hydrogen) atoms. The Morgan fingerprint density at radius 2 is 2.17 bits per heavy atom. The van der Waals surface area contributed by atoms with Gasteiger partial charge in [-0.15, -0.1) is 0 Å². The lowest BCUT2D eigenvalue weighted by Crippen LogP contribution is -2.48. The summed E-state index contributed by atoms with van der Waals surface area (Å²) in [5.41, 5.74) is 7.99. The van der Waals surface area contributed by atoms with Crippen LogP contribution in [0.5, 0.6) is 0 Å². The number of guanidine groups is 1. The van der Waals surface area contributed by atoms with Crippen molar-refractivity contribution >= 4 is 12.1 Å². The molecule has 1 aromatic heterocycles. The zero-order chi connectivity index (χ0) is 21.9. The first-order valence-corrected chi connectivity index (χ1v) is 9.45. The van der Waals surface area contributed by atoms with Crippen molar-refractivity contribution in [2.45, 2.75) is 51.7 Å². The number of nitrogens with zero attached hydrogens (tertiary/aromatic N) is 3. The fourth-order valence-electron chi connectivity index (χ4n) is 2.42. The molecule has 0 saturated heterocycles. The molecule has 0 aromatic carbocycles. The molecule has 0 aliphatic carbocycles. The van der Waals surface area contributed by atoms with Gasteiger partial charge in [0.1, 0.15) is 5.60 Å². The van der Waals surface area contributed by atoms with Gasteiger partial charge in [0, 0.05) is 44.0 Å². The minimum absolute atomic E-state index is 0.0796. The van der Waals surface area contributed by atoms with Crippen molar-refractivity contribution in [2.75, 3.05) is 19.6 Å². The summed E-state index contributed by atoms with van der Waals surface area (Å²) in [7, 11) is 0. The van der Waals surface area contributed by atoms with Crippen LogP contribution in [0.15, 0.2) is 24.4 Å². The monoisotopic (exact) mass is 409 g/mol. The minimum Gasteiger partial charge on any atom is -0.443 e. The van der Waals surface area contributed by atoms with E-state index in [1.54, 1.807) is 32.4 Å². The normalized spacial score (nSPS) is 12.1. The van der Waals surface area contributed by atoms with Gasteiger partial charge in [-0.1, -0.05) is 11.5 Å². The summed E-state index contributed by atoms with van der Waals surface area (Å²) in [5.74, 6) is -0.647. The first kappa shape index (κ1) is 24.2. The Kier molecular flexibility index (Phi) is 9.97. The second-order valence-electron chi connectivity index (χ2n) is 7.53. The van der Waals surface area contributed by atoms with Gasteiger partial charge in [-0.2, -0.15) is 0 Å². The summed E-state index contributed by atoms with van der Waals surface area (Å²) in [4.78, 5) is 28.0. The Morgan fingerprint density at radius 3 is 2.76 bits per heavy atom. The van der Waals surface area contributed by atoms with Gasteiger partial charge in [0.15, 0.2) is 5.03 Å². The third-order valence-electron chi connectivity index (χ3n) is 3.73. The molecule has 0 aliphatic rings. The van der Waals surface area contributed by atoms with Gasteiger partial charge < -0.3 is 15.8 Å². The van der Waals surface area contributed by atoms with E-state index in [1.165, 1.54) is 0 Å². The summed E-state index contributed by atoms with van der Waals surface area (Å²) in [6, 6.07) is 5.61. The highest BCUT2D eigenvalue weighted by Crippen LogP contribution is 2.11. The Labute approximate surface area is 170 Å². The number of nitrogens with one attached hydrogen (secondary N) is 3. The van der Waals surface area contributed by atoms with E-state index < -0.39 is 22.7 Å².